The molecule has 0 saturated heterocycles. The molecule has 0 bridgehead atoms. The second kappa shape index (κ2) is 8.83. The second-order valence-corrected chi connectivity index (χ2v) is 8.77. The minimum atomic E-state index is -0.311. The molecule has 2 aliphatic rings. The van der Waals surface area contributed by atoms with Gasteiger partial charge in [-0.1, -0.05) is 41.9 Å². The second-order valence-electron chi connectivity index (χ2n) is 8.33. The molecular formula is C27H25ClN2O3. The molecule has 0 aromatic heterocycles. The van der Waals surface area contributed by atoms with E-state index in [-0.39, 0.29) is 17.7 Å². The molecule has 0 fully saturated rings. The lowest BCUT2D eigenvalue weighted by molar-refractivity contribution is -0.116. The lowest BCUT2D eigenvalue weighted by Crippen LogP contribution is -2.26. The van der Waals surface area contributed by atoms with Crippen LogP contribution in [0.4, 0.5) is 11.4 Å². The van der Waals surface area contributed by atoms with Gasteiger partial charge in [0.2, 0.25) is 0 Å². The van der Waals surface area contributed by atoms with E-state index < -0.39 is 0 Å². The number of hydrogen-bond donors (Lipinski definition) is 2. The molecule has 0 spiro atoms. The SMILES string of the molecule is COc1ccc([C@H]2Nc3ccccc3NC3=C2C(=O)C[C@@H](c2ccc(Cl)cc2)C3)cc1OC. The summed E-state index contributed by atoms with van der Waals surface area (Å²) in [5, 5.41) is 7.86. The molecule has 3 aromatic rings. The first kappa shape index (κ1) is 21.4. The first-order chi connectivity index (χ1) is 16.1. The van der Waals surface area contributed by atoms with E-state index in [0.717, 1.165) is 40.2 Å². The fourth-order valence-electron chi connectivity index (χ4n) is 4.75. The Balaban J connectivity index is 1.61. The van der Waals surface area contributed by atoms with Crippen LogP contribution < -0.4 is 20.1 Å². The minimum absolute atomic E-state index is 0.0948. The third-order valence-electron chi connectivity index (χ3n) is 6.39. The van der Waals surface area contributed by atoms with Crippen molar-refractivity contribution in [2.75, 3.05) is 24.9 Å². The van der Waals surface area contributed by atoms with Crippen LogP contribution in [0, 0.1) is 0 Å². The predicted octanol–water partition coefficient (Wildman–Crippen LogP) is 6.34. The van der Waals surface area contributed by atoms with Crippen molar-refractivity contribution in [1.82, 2.24) is 0 Å². The Hall–Kier alpha value is -3.44. The number of halogens is 1. The summed E-state index contributed by atoms with van der Waals surface area (Å²) in [7, 11) is 3.23. The standard InChI is InChI=1S/C27H25ClN2O3/c1-32-24-12-9-17(15-25(24)33-2)27-26-22(29-20-5-3-4-6-21(20)30-27)13-18(14-23(26)31)16-7-10-19(28)11-8-16/h3-12,15,18,27,29-30H,13-14H2,1-2H3/t18-,27+/m0/s1. The van der Waals surface area contributed by atoms with E-state index in [1.807, 2.05) is 66.7 Å². The summed E-state index contributed by atoms with van der Waals surface area (Å²) in [5.41, 5.74) is 5.68. The topological polar surface area (TPSA) is 59.6 Å². The van der Waals surface area contributed by atoms with Crippen molar-refractivity contribution in [3.63, 3.8) is 0 Å². The maximum Gasteiger partial charge on any atom is 0.163 e. The zero-order valence-electron chi connectivity index (χ0n) is 18.5. The van der Waals surface area contributed by atoms with Crippen molar-refractivity contribution in [2.45, 2.75) is 24.8 Å². The number of hydrogen-bond acceptors (Lipinski definition) is 5. The average Bonchev–Trinajstić information content (AvgIpc) is 3.01. The molecule has 1 heterocycles. The van der Waals surface area contributed by atoms with Crippen LogP contribution in [0.15, 0.2) is 78.0 Å². The van der Waals surface area contributed by atoms with Crippen molar-refractivity contribution in [1.29, 1.82) is 0 Å². The molecule has 0 amide bonds. The van der Waals surface area contributed by atoms with Crippen molar-refractivity contribution >= 4 is 28.8 Å². The highest BCUT2D eigenvalue weighted by atomic mass is 35.5. The fourth-order valence-corrected chi connectivity index (χ4v) is 4.87. The van der Waals surface area contributed by atoms with Crippen LogP contribution in [-0.2, 0) is 4.79 Å². The largest absolute Gasteiger partial charge is 0.493 e. The first-order valence-electron chi connectivity index (χ1n) is 10.9. The summed E-state index contributed by atoms with van der Waals surface area (Å²) in [6.45, 7) is 0. The number of nitrogens with one attached hydrogen (secondary N) is 2. The Labute approximate surface area is 198 Å². The highest BCUT2D eigenvalue weighted by Crippen LogP contribution is 2.45. The molecule has 1 aliphatic carbocycles. The summed E-state index contributed by atoms with van der Waals surface area (Å²) < 4.78 is 10.9. The summed E-state index contributed by atoms with van der Waals surface area (Å²) in [6.07, 6.45) is 1.19. The number of benzene rings is 3. The molecule has 5 rings (SSSR count). The predicted molar refractivity (Wildman–Crippen MR) is 131 cm³/mol. The van der Waals surface area contributed by atoms with Crippen molar-refractivity contribution in [3.05, 3.63) is 94.1 Å². The van der Waals surface area contributed by atoms with Gasteiger partial charge in [-0.2, -0.15) is 0 Å². The molecule has 6 heteroatoms. The highest BCUT2D eigenvalue weighted by Gasteiger charge is 2.36. The molecule has 2 N–H and O–H groups in total. The number of rotatable bonds is 4. The lowest BCUT2D eigenvalue weighted by Gasteiger charge is -2.30. The van der Waals surface area contributed by atoms with Crippen LogP contribution in [0.2, 0.25) is 5.02 Å². The van der Waals surface area contributed by atoms with Gasteiger partial charge in [0.25, 0.3) is 0 Å². The zero-order valence-corrected chi connectivity index (χ0v) is 19.3. The van der Waals surface area contributed by atoms with Crippen LogP contribution in [-0.4, -0.2) is 20.0 Å². The van der Waals surface area contributed by atoms with Gasteiger partial charge in [-0.3, -0.25) is 4.79 Å². The van der Waals surface area contributed by atoms with Gasteiger partial charge in [-0.25, -0.2) is 0 Å². The summed E-state index contributed by atoms with van der Waals surface area (Å²) in [4.78, 5) is 13.6. The molecule has 168 valence electrons. The van der Waals surface area contributed by atoms with Gasteiger partial charge < -0.3 is 20.1 Å². The molecule has 3 aromatic carbocycles. The number of Topliss-reactive ketones (excluding diaryl/α,β-unsaturated/α-hetero) is 1. The van der Waals surface area contributed by atoms with Gasteiger partial charge in [-0.05, 0) is 59.9 Å². The summed E-state index contributed by atoms with van der Waals surface area (Å²) in [6, 6.07) is 21.3. The van der Waals surface area contributed by atoms with Crippen LogP contribution in [0.5, 0.6) is 11.5 Å². The van der Waals surface area contributed by atoms with Gasteiger partial charge in [0.15, 0.2) is 17.3 Å². The Bertz CT molecular complexity index is 1240. The minimum Gasteiger partial charge on any atom is -0.493 e. The lowest BCUT2D eigenvalue weighted by atomic mass is 9.78. The number of para-hydroxylation sites is 2. The van der Waals surface area contributed by atoms with Gasteiger partial charge in [0.05, 0.1) is 31.6 Å². The maximum atomic E-state index is 13.6. The van der Waals surface area contributed by atoms with E-state index in [0.29, 0.717) is 22.9 Å². The molecule has 2 atom stereocenters. The molecule has 33 heavy (non-hydrogen) atoms. The molecule has 0 radical (unpaired) electrons. The number of allylic oxidation sites excluding steroid dienone is 1. The summed E-state index contributed by atoms with van der Waals surface area (Å²) >= 11 is 6.08. The summed E-state index contributed by atoms with van der Waals surface area (Å²) in [5.74, 6) is 1.51. The van der Waals surface area contributed by atoms with Crippen molar-refractivity contribution in [2.24, 2.45) is 0 Å². The van der Waals surface area contributed by atoms with Gasteiger partial charge in [0, 0.05) is 22.7 Å². The van der Waals surface area contributed by atoms with E-state index in [9.17, 15) is 4.79 Å². The molecular weight excluding hydrogens is 436 g/mol. The quantitative estimate of drug-likeness (QED) is 0.476. The van der Waals surface area contributed by atoms with E-state index in [2.05, 4.69) is 10.6 Å². The smallest absolute Gasteiger partial charge is 0.163 e. The fraction of sp³-hybridized carbons (Fsp3) is 0.222. The number of ether oxygens (including phenoxy) is 2. The third-order valence-corrected chi connectivity index (χ3v) is 6.64. The Morgan fingerprint density at radius 2 is 1.55 bits per heavy atom. The molecule has 0 saturated carbocycles. The first-order valence-corrected chi connectivity index (χ1v) is 11.3. The zero-order chi connectivity index (χ0) is 22.9. The Kier molecular flexibility index (Phi) is 5.73. The highest BCUT2D eigenvalue weighted by molar-refractivity contribution is 6.30. The van der Waals surface area contributed by atoms with Gasteiger partial charge in [0.1, 0.15) is 0 Å². The van der Waals surface area contributed by atoms with Crippen LogP contribution >= 0.6 is 11.6 Å². The van der Waals surface area contributed by atoms with Gasteiger partial charge in [-0.15, -0.1) is 0 Å². The van der Waals surface area contributed by atoms with Crippen LogP contribution in [0.25, 0.3) is 0 Å². The number of fused-ring (bicyclic) bond motifs is 1. The number of anilines is 2. The van der Waals surface area contributed by atoms with E-state index >= 15 is 0 Å². The van der Waals surface area contributed by atoms with Gasteiger partial charge >= 0.3 is 0 Å². The molecule has 1 aliphatic heterocycles. The number of carbonyl (C=O) groups is 1. The van der Waals surface area contributed by atoms with Crippen LogP contribution in [0.3, 0.4) is 0 Å². The van der Waals surface area contributed by atoms with E-state index in [1.165, 1.54) is 0 Å². The van der Waals surface area contributed by atoms with Crippen molar-refractivity contribution < 1.29 is 14.3 Å². The van der Waals surface area contributed by atoms with E-state index in [4.69, 9.17) is 21.1 Å². The van der Waals surface area contributed by atoms with Crippen molar-refractivity contribution in [3.8, 4) is 11.5 Å². The molecule has 0 unspecified atom stereocenters. The van der Waals surface area contributed by atoms with E-state index in [1.54, 1.807) is 14.2 Å². The maximum absolute atomic E-state index is 13.6. The monoisotopic (exact) mass is 460 g/mol. The number of carbonyl (C=O) groups excluding carboxylic acids is 1. The normalized spacial score (nSPS) is 19.5. The Morgan fingerprint density at radius 1 is 0.848 bits per heavy atom. The number of ketones is 1. The third kappa shape index (κ3) is 4.05. The van der Waals surface area contributed by atoms with Crippen LogP contribution in [0.1, 0.15) is 35.9 Å². The molecule has 5 nitrogen and oxygen atoms in total. The Morgan fingerprint density at radius 3 is 2.27 bits per heavy atom. The number of methoxy groups -OCH3 is 2. The average molecular weight is 461 g/mol.